The van der Waals surface area contributed by atoms with E-state index < -0.39 is 58.0 Å². The van der Waals surface area contributed by atoms with E-state index in [1.165, 1.54) is 0 Å². The van der Waals surface area contributed by atoms with Gasteiger partial charge in [0.25, 0.3) is 0 Å². The number of benzene rings is 1. The molecule has 2 N–H and O–H groups in total. The summed E-state index contributed by atoms with van der Waals surface area (Å²) in [5, 5.41) is -0.386. The number of hydrogen-bond acceptors (Lipinski definition) is 7. The van der Waals surface area contributed by atoms with Crippen molar-refractivity contribution < 1.29 is 22.8 Å². The summed E-state index contributed by atoms with van der Waals surface area (Å²) in [6.07, 6.45) is -0.186. The Bertz CT molecular complexity index is 1320. The highest BCUT2D eigenvalue weighted by molar-refractivity contribution is 6.74. The summed E-state index contributed by atoms with van der Waals surface area (Å²) in [5.41, 5.74) is 3.88. The molecule has 0 amide bonds. The maximum absolute atomic E-state index is 15.0. The van der Waals surface area contributed by atoms with Crippen LogP contribution in [0.15, 0.2) is 41.3 Å². The molecular formula is C31H50FN3O5Si2. The lowest BCUT2D eigenvalue weighted by Gasteiger charge is -2.46. The lowest BCUT2D eigenvalue weighted by molar-refractivity contribution is -0.171. The van der Waals surface area contributed by atoms with E-state index >= 15 is 4.39 Å². The van der Waals surface area contributed by atoms with Gasteiger partial charge in [0.15, 0.2) is 34.1 Å². The topological polar surface area (TPSA) is 106 Å². The molecule has 1 saturated heterocycles. The molecule has 1 aromatic heterocycles. The Kier molecular flexibility index (Phi) is 9.86. The van der Waals surface area contributed by atoms with Gasteiger partial charge in [0.05, 0.1) is 12.3 Å². The van der Waals surface area contributed by atoms with Gasteiger partial charge in [-0.3, -0.25) is 9.36 Å². The highest BCUT2D eigenvalue weighted by Crippen LogP contribution is 2.48. The number of aromatic nitrogens is 2. The molecule has 1 aliphatic rings. The Hall–Kier alpha value is -2.19. The quantitative estimate of drug-likeness (QED) is 0.307. The summed E-state index contributed by atoms with van der Waals surface area (Å²) in [7, 11) is -5.04. The van der Waals surface area contributed by atoms with Crippen molar-refractivity contribution in [3.63, 3.8) is 0 Å². The molecule has 11 heteroatoms. The number of ether oxygens (including phenoxy) is 1. The molecule has 1 fully saturated rings. The first-order valence-corrected chi connectivity index (χ1v) is 20.6. The average molecular weight is 620 g/mol. The number of hydrogen-bond donors (Lipinski definition) is 1. The van der Waals surface area contributed by atoms with E-state index in [4.69, 9.17) is 19.3 Å². The molecule has 2 heterocycles. The zero-order valence-corrected chi connectivity index (χ0v) is 29.2. The third-order valence-electron chi connectivity index (χ3n) is 9.36. The second-order valence-electron chi connectivity index (χ2n) is 14.5. The van der Waals surface area contributed by atoms with Crippen LogP contribution in [-0.4, -0.2) is 50.3 Å². The molecule has 0 saturated carbocycles. The second-order valence-corrected chi connectivity index (χ2v) is 24.1. The molecule has 2 aromatic rings. The molecule has 3 rings (SSSR count). The van der Waals surface area contributed by atoms with Crippen LogP contribution in [0.4, 0.5) is 10.2 Å². The summed E-state index contributed by atoms with van der Waals surface area (Å²) in [6, 6.07) is 9.86. The summed E-state index contributed by atoms with van der Waals surface area (Å²) >= 11 is 0. The molecular weight excluding hydrogens is 570 g/mol. The van der Waals surface area contributed by atoms with Crippen LogP contribution in [0.3, 0.4) is 0 Å². The fraction of sp³-hybridized carbons (Fsp3) is 0.645. The number of aryl methyl sites for hydroxylation is 1. The van der Waals surface area contributed by atoms with E-state index in [0.29, 0.717) is 12.8 Å². The molecule has 8 nitrogen and oxygen atoms in total. The Labute approximate surface area is 252 Å². The number of carbonyl (C=O) groups is 1. The SMILES string of the molecule is C[C@H]1O[C@@](C(=O)CCCc2ccccc2)(n2cc(F)c(N)nc2=O)[C@H](O[Si](C)(C)C(C)(C)C)[C@@H]1O[Si](C)(C)C(C)(C)C. The first-order chi connectivity index (χ1) is 19.1. The average Bonchev–Trinajstić information content (AvgIpc) is 3.11. The van der Waals surface area contributed by atoms with Crippen molar-refractivity contribution in [3.8, 4) is 0 Å². The number of carbonyl (C=O) groups excluding carboxylic acids is 1. The highest BCUT2D eigenvalue weighted by atomic mass is 28.4. The van der Waals surface area contributed by atoms with Crippen LogP contribution in [0, 0.1) is 5.82 Å². The predicted octanol–water partition coefficient (Wildman–Crippen LogP) is 6.41. The Morgan fingerprint density at radius 2 is 1.60 bits per heavy atom. The van der Waals surface area contributed by atoms with Gasteiger partial charge in [0, 0.05) is 6.42 Å². The molecule has 1 aliphatic heterocycles. The second kappa shape index (κ2) is 12.1. The number of rotatable bonds is 10. The predicted molar refractivity (Wildman–Crippen MR) is 170 cm³/mol. The van der Waals surface area contributed by atoms with E-state index in [1.54, 1.807) is 0 Å². The first kappa shape index (κ1) is 34.3. The number of Topliss-reactive ketones (excluding diaryl/α,β-unsaturated/α-hetero) is 1. The zero-order valence-electron chi connectivity index (χ0n) is 27.2. The molecule has 0 radical (unpaired) electrons. The highest BCUT2D eigenvalue weighted by Gasteiger charge is 2.64. The Morgan fingerprint density at radius 1 is 1.05 bits per heavy atom. The van der Waals surface area contributed by atoms with E-state index in [-0.39, 0.29) is 22.3 Å². The van der Waals surface area contributed by atoms with E-state index in [1.807, 2.05) is 37.3 Å². The maximum atomic E-state index is 15.0. The minimum absolute atomic E-state index is 0.0736. The minimum atomic E-state index is -2.61. The van der Waals surface area contributed by atoms with Crippen LogP contribution in [0.1, 0.15) is 66.9 Å². The van der Waals surface area contributed by atoms with Gasteiger partial charge in [-0.1, -0.05) is 71.9 Å². The van der Waals surface area contributed by atoms with Gasteiger partial charge in [-0.05, 0) is 61.6 Å². The van der Waals surface area contributed by atoms with Crippen LogP contribution in [-0.2, 0) is 30.5 Å². The maximum Gasteiger partial charge on any atom is 0.352 e. The van der Waals surface area contributed by atoms with Gasteiger partial charge >= 0.3 is 5.69 Å². The van der Waals surface area contributed by atoms with Gasteiger partial charge in [-0.15, -0.1) is 0 Å². The van der Waals surface area contributed by atoms with Gasteiger partial charge in [0.2, 0.25) is 5.72 Å². The standard InChI is InChI=1S/C31H50FN3O5Si2/c1-21-25(39-41(8,9)29(2,3)4)26(40-42(10,11)30(5,6)7)31(38-21,35-20-23(32)27(33)34-28(35)37)24(36)19-15-18-22-16-13-12-14-17-22/h12-14,16-17,20-21,25-26H,15,18-19H2,1-11H3,(H2,33,34,37)/t21-,25-,26-,31-/m1/s1. The van der Waals surface area contributed by atoms with Crippen molar-refractivity contribution in [2.24, 2.45) is 0 Å². The van der Waals surface area contributed by atoms with Crippen molar-refractivity contribution in [3.05, 3.63) is 58.4 Å². The molecule has 0 bridgehead atoms. The van der Waals surface area contributed by atoms with Crippen molar-refractivity contribution in [2.75, 3.05) is 5.73 Å². The summed E-state index contributed by atoms with van der Waals surface area (Å²) < 4.78 is 36.5. The number of nitrogens with zero attached hydrogens (tertiary/aromatic N) is 2. The third kappa shape index (κ3) is 6.80. The lowest BCUT2D eigenvalue weighted by Crippen LogP contribution is -2.61. The number of ketones is 1. The zero-order chi connectivity index (χ0) is 31.9. The largest absolute Gasteiger partial charge is 0.408 e. The number of nitrogen functional groups attached to an aromatic ring is 1. The molecule has 42 heavy (non-hydrogen) atoms. The van der Waals surface area contributed by atoms with Crippen LogP contribution in [0.25, 0.3) is 0 Å². The lowest BCUT2D eigenvalue weighted by atomic mass is 9.94. The fourth-order valence-electron chi connectivity index (χ4n) is 4.71. The van der Waals surface area contributed by atoms with Crippen LogP contribution >= 0.6 is 0 Å². The van der Waals surface area contributed by atoms with E-state index in [9.17, 15) is 9.59 Å². The van der Waals surface area contributed by atoms with E-state index in [0.717, 1.165) is 16.3 Å². The van der Waals surface area contributed by atoms with Crippen LogP contribution in [0.2, 0.25) is 36.3 Å². The van der Waals surface area contributed by atoms with Gasteiger partial charge in [-0.25, -0.2) is 9.18 Å². The van der Waals surface area contributed by atoms with Gasteiger partial charge in [0.1, 0.15) is 12.2 Å². The van der Waals surface area contributed by atoms with Crippen molar-refractivity contribution in [1.29, 1.82) is 0 Å². The number of nitrogens with two attached hydrogens (primary N) is 1. The summed E-state index contributed by atoms with van der Waals surface area (Å²) in [5.74, 6) is -1.84. The Balaban J connectivity index is 2.22. The number of halogens is 1. The van der Waals surface area contributed by atoms with Crippen molar-refractivity contribution >= 4 is 28.2 Å². The summed E-state index contributed by atoms with van der Waals surface area (Å²) in [4.78, 5) is 31.7. The summed E-state index contributed by atoms with van der Waals surface area (Å²) in [6.45, 7) is 22.9. The van der Waals surface area contributed by atoms with Gasteiger partial charge in [-0.2, -0.15) is 4.98 Å². The monoisotopic (exact) mass is 619 g/mol. The molecule has 0 aliphatic carbocycles. The first-order valence-electron chi connectivity index (χ1n) is 14.8. The van der Waals surface area contributed by atoms with E-state index in [2.05, 4.69) is 72.7 Å². The van der Waals surface area contributed by atoms with Crippen LogP contribution in [0.5, 0.6) is 0 Å². The Morgan fingerprint density at radius 3 is 2.14 bits per heavy atom. The van der Waals surface area contributed by atoms with Gasteiger partial charge < -0.3 is 19.3 Å². The van der Waals surface area contributed by atoms with Crippen LogP contribution < -0.4 is 11.4 Å². The van der Waals surface area contributed by atoms with Crippen molar-refractivity contribution in [1.82, 2.24) is 9.55 Å². The van der Waals surface area contributed by atoms with Crippen molar-refractivity contribution in [2.45, 2.75) is 128 Å². The fourth-order valence-corrected chi connectivity index (χ4v) is 7.35. The third-order valence-corrected chi connectivity index (χ3v) is 18.3. The molecule has 1 aromatic carbocycles. The molecule has 4 atom stereocenters. The molecule has 0 unspecified atom stereocenters. The minimum Gasteiger partial charge on any atom is -0.408 e. The smallest absolute Gasteiger partial charge is 0.352 e. The molecule has 0 spiro atoms. The number of anilines is 1. The normalized spacial score (nSPS) is 23.8. The molecule has 234 valence electrons.